The third-order valence-electron chi connectivity index (χ3n) is 23.3. The summed E-state index contributed by atoms with van der Waals surface area (Å²) < 4.78 is 16.6. The van der Waals surface area contributed by atoms with Crippen LogP contribution in [0.3, 0.4) is 0 Å². The van der Waals surface area contributed by atoms with E-state index >= 15 is 0 Å². The number of amides is 6. The van der Waals surface area contributed by atoms with E-state index in [9.17, 15) is 14.4 Å². The number of anilines is 6. The minimum Gasteiger partial charge on any atom is -0.492 e. The molecule has 0 aliphatic carbocycles. The summed E-state index contributed by atoms with van der Waals surface area (Å²) in [6.07, 6.45) is 19.0. The van der Waals surface area contributed by atoms with Crippen LogP contribution in [0.2, 0.25) is 0 Å². The number of fused-ring (bicyclic) bond motifs is 3. The molecule has 0 saturated carbocycles. The molecule has 17 rings (SSSR count). The number of ether oxygens (including phenoxy) is 2. The number of hydrogen-bond acceptors (Lipinski definition) is 15. The lowest BCUT2D eigenvalue weighted by Gasteiger charge is -2.26. The number of urea groups is 3. The summed E-state index contributed by atoms with van der Waals surface area (Å²) in [5.41, 5.74) is 15.1. The molecule has 3 saturated heterocycles. The van der Waals surface area contributed by atoms with Crippen molar-refractivity contribution in [2.45, 2.75) is 163 Å². The molecule has 14 aromatic rings. The first-order valence-corrected chi connectivity index (χ1v) is 44.1. The van der Waals surface area contributed by atoms with Crippen molar-refractivity contribution in [3.05, 3.63) is 265 Å². The highest BCUT2D eigenvalue weighted by atomic mass is 16.5. The summed E-state index contributed by atoms with van der Waals surface area (Å²) in [6, 6.07) is 65.0. The monoisotopic (exact) mass is 1690 g/mol. The Morgan fingerprint density at radius 3 is 1.13 bits per heavy atom. The summed E-state index contributed by atoms with van der Waals surface area (Å²) in [5, 5.41) is 38.6. The van der Waals surface area contributed by atoms with Gasteiger partial charge in [-0.2, -0.15) is 15.3 Å². The van der Waals surface area contributed by atoms with Gasteiger partial charge in [-0.3, -0.25) is 45.6 Å². The number of pyridine rings is 4. The number of nitrogens with zero attached hydrogens (tertiary/aromatic N) is 13. The van der Waals surface area contributed by atoms with Crippen LogP contribution in [0.25, 0.3) is 71.6 Å². The van der Waals surface area contributed by atoms with Gasteiger partial charge < -0.3 is 25.4 Å². The second-order valence-electron chi connectivity index (χ2n) is 36.1. The molecule has 650 valence electrons. The lowest BCUT2D eigenvalue weighted by molar-refractivity contribution is 0.184. The van der Waals surface area contributed by atoms with Crippen molar-refractivity contribution in [2.75, 3.05) is 91.4 Å². The molecule has 3 fully saturated rings. The highest BCUT2D eigenvalue weighted by Crippen LogP contribution is 2.39. The number of methoxy groups -OCH3 is 1. The van der Waals surface area contributed by atoms with Crippen LogP contribution < -0.4 is 41.4 Å². The van der Waals surface area contributed by atoms with E-state index in [0.29, 0.717) is 41.3 Å². The van der Waals surface area contributed by atoms with Crippen LogP contribution in [0.1, 0.15) is 160 Å². The first kappa shape index (κ1) is 87.7. The molecule has 24 nitrogen and oxygen atoms in total. The molecule has 3 aliphatic heterocycles. The molecule has 3 aliphatic rings. The van der Waals surface area contributed by atoms with Crippen LogP contribution in [-0.2, 0) is 29.3 Å². The first-order chi connectivity index (χ1) is 60.8. The number of aryl methyl sites for hydroxylation is 2. The van der Waals surface area contributed by atoms with Crippen molar-refractivity contribution >= 4 is 84.9 Å². The van der Waals surface area contributed by atoms with Crippen molar-refractivity contribution < 1.29 is 23.9 Å². The van der Waals surface area contributed by atoms with Gasteiger partial charge in [0.25, 0.3) is 0 Å². The Balaban J connectivity index is 0.000000146. The zero-order valence-electron chi connectivity index (χ0n) is 74.7. The predicted molar refractivity (Wildman–Crippen MR) is 509 cm³/mol. The Morgan fingerprint density at radius 1 is 0.365 bits per heavy atom. The Kier molecular flexibility index (Phi) is 27.4. The van der Waals surface area contributed by atoms with E-state index in [-0.39, 0.29) is 34.3 Å². The molecule has 0 bridgehead atoms. The van der Waals surface area contributed by atoms with E-state index in [1.54, 1.807) is 39.6 Å². The van der Waals surface area contributed by atoms with Crippen molar-refractivity contribution in [3.8, 4) is 50.9 Å². The molecule has 0 atom stereocenters. The summed E-state index contributed by atoms with van der Waals surface area (Å²) >= 11 is 0. The van der Waals surface area contributed by atoms with Gasteiger partial charge >= 0.3 is 18.1 Å². The third kappa shape index (κ3) is 21.9. The Labute approximate surface area is 739 Å². The second-order valence-corrected chi connectivity index (χ2v) is 36.1. The molecular formula is C102H117N19O5. The quantitative estimate of drug-likeness (QED) is 0.0415. The van der Waals surface area contributed by atoms with Gasteiger partial charge in [-0.1, -0.05) is 196 Å². The van der Waals surface area contributed by atoms with Gasteiger partial charge in [-0.15, -0.1) is 0 Å². The molecular weight excluding hydrogens is 1570 g/mol. The van der Waals surface area contributed by atoms with Crippen molar-refractivity contribution in [3.63, 3.8) is 0 Å². The molecule has 24 heteroatoms. The van der Waals surface area contributed by atoms with Crippen molar-refractivity contribution in [1.82, 2.24) is 64.0 Å². The van der Waals surface area contributed by atoms with Crippen molar-refractivity contribution in [1.29, 1.82) is 0 Å². The number of piperidine rings is 3. The minimum atomic E-state index is -0.366. The van der Waals surface area contributed by atoms with E-state index < -0.39 is 0 Å². The van der Waals surface area contributed by atoms with Gasteiger partial charge in [0.05, 0.1) is 82.1 Å². The average Bonchev–Trinajstić information content (AvgIpc) is 1.68. The van der Waals surface area contributed by atoms with E-state index in [4.69, 9.17) is 34.7 Å². The van der Waals surface area contributed by atoms with E-state index in [1.165, 1.54) is 63.4 Å². The van der Waals surface area contributed by atoms with Gasteiger partial charge in [0.15, 0.2) is 0 Å². The maximum absolute atomic E-state index is 13.4. The van der Waals surface area contributed by atoms with E-state index in [2.05, 4.69) is 168 Å². The fourth-order valence-electron chi connectivity index (χ4n) is 16.1. The summed E-state index contributed by atoms with van der Waals surface area (Å²) in [7, 11) is 1.57. The molecule has 10 heterocycles. The number of carbonyl (C=O) groups excluding carboxylic acids is 3. The maximum Gasteiger partial charge on any atom is 0.324 e. The highest BCUT2D eigenvalue weighted by molar-refractivity contribution is 6.12. The highest BCUT2D eigenvalue weighted by Gasteiger charge is 2.28. The van der Waals surface area contributed by atoms with Gasteiger partial charge in [0.2, 0.25) is 5.88 Å². The number of nitrogens with one attached hydrogen (secondary N) is 6. The fraction of sp³-hybridized carbons (Fsp3) is 0.333. The third-order valence-corrected chi connectivity index (χ3v) is 23.3. The molecule has 6 N–H and O–H groups in total. The minimum absolute atomic E-state index is 0.164. The number of likely N-dealkylation sites (tertiary alicyclic amines) is 3. The number of carbonyl (C=O) groups is 3. The number of hydrogen-bond donors (Lipinski definition) is 6. The predicted octanol–water partition coefficient (Wildman–Crippen LogP) is 22.3. The van der Waals surface area contributed by atoms with Gasteiger partial charge in [0, 0.05) is 111 Å². The number of rotatable bonds is 20. The largest absolute Gasteiger partial charge is 0.492 e. The Bertz CT molecular complexity index is 6080. The lowest BCUT2D eigenvalue weighted by Crippen LogP contribution is -2.33. The summed E-state index contributed by atoms with van der Waals surface area (Å²) in [6.45, 7) is 33.2. The summed E-state index contributed by atoms with van der Waals surface area (Å²) in [5.74, 6) is 3.06. The Hall–Kier alpha value is -13.2. The molecule has 0 spiro atoms. The first-order valence-electron chi connectivity index (χ1n) is 44.1. The molecule has 126 heavy (non-hydrogen) atoms. The van der Waals surface area contributed by atoms with Gasteiger partial charge in [0.1, 0.15) is 29.8 Å². The molecule has 0 radical (unpaired) electrons. The van der Waals surface area contributed by atoms with Crippen LogP contribution >= 0.6 is 0 Å². The lowest BCUT2D eigenvalue weighted by atomic mass is 9.92. The van der Waals surface area contributed by atoms with Gasteiger partial charge in [-0.05, 0) is 180 Å². The standard InChI is InChI=1S/C35H39N7O2.C35H39N7O.C32H39N5O2/c1-35(2,3)31-20-32(42(40-31)26-14-17-33(44-4)37-22-26)39-34(43)38-30-16-15-27(28-10-6-7-11-29(28)30)24-12-13-25(36-21-24)23-41-18-8-5-9-19-41;1-24-12-15-27(22-36-24)42-33(20-32(40-42)35(2,3)4)39-34(43)38-31-17-16-28(29-10-6-7-11-30(29)31)25-13-14-26(37-21-25)23-41-18-8-5-9-19-41;1-23-12-14-24(15-13-23)37-30(22-29(35-37)32(2,3)4)34-31(38)33-27-16-17-28(26-11-7-6-10-25(26)27)39-21-20-36-18-8-5-9-19-36/h6-7,10-17,20-22H,5,8-9,18-19,23H2,1-4H3,(H2,38,39,43);6-7,10-17,20-22H,5,8-9,18-19,23H2,1-4H3,(H2,38,39,43);6-7,10-17,22H,5,8-9,18-21H2,1-4H3,(H2,33,34,38). The van der Waals surface area contributed by atoms with Crippen LogP contribution in [0, 0.1) is 13.8 Å². The fourth-order valence-corrected chi connectivity index (χ4v) is 16.1. The average molecular weight is 1690 g/mol. The number of aromatic nitrogens is 10. The van der Waals surface area contributed by atoms with Gasteiger partial charge in [-0.25, -0.2) is 33.4 Å². The zero-order valence-corrected chi connectivity index (χ0v) is 74.7. The SMILES string of the molecule is COc1ccc(-n2nc(C(C)(C)C)cc2NC(=O)Nc2ccc(-c3ccc(CN4CCCCC4)nc3)c3ccccc23)cn1.Cc1ccc(-n2nc(C(C)(C)C)cc2NC(=O)Nc2ccc(-c3ccc(CN4CCCCC4)nc3)c3ccccc23)cn1.Cc1ccc(-n2nc(C(C)(C)C)cc2NC(=O)Nc2ccc(OCCN3CCCCC3)c3ccccc23)cc1. The molecule has 0 unspecified atom stereocenters. The van der Waals surface area contributed by atoms with Crippen LogP contribution in [0.4, 0.5) is 48.9 Å². The topological polar surface area (TPSA) is 257 Å². The van der Waals surface area contributed by atoms with Crippen molar-refractivity contribution in [2.24, 2.45) is 0 Å². The molecule has 6 amide bonds. The number of benzene rings is 7. The molecule has 7 aromatic carbocycles. The normalized spacial score (nSPS) is 14.2. The Morgan fingerprint density at radius 2 is 0.746 bits per heavy atom. The smallest absolute Gasteiger partial charge is 0.324 e. The van der Waals surface area contributed by atoms with Crippen LogP contribution in [0.15, 0.2) is 225 Å². The maximum atomic E-state index is 13.4. The summed E-state index contributed by atoms with van der Waals surface area (Å²) in [4.78, 5) is 65.8. The van der Waals surface area contributed by atoms with Crippen LogP contribution in [0.5, 0.6) is 11.6 Å². The zero-order chi connectivity index (χ0) is 88.1. The van der Waals surface area contributed by atoms with E-state index in [1.807, 2.05) is 171 Å². The van der Waals surface area contributed by atoms with Crippen LogP contribution in [-0.4, -0.2) is 142 Å². The molecule has 7 aromatic heterocycles. The second kappa shape index (κ2) is 39.4. The van der Waals surface area contributed by atoms with E-state index in [0.717, 1.165) is 176 Å².